The average Bonchev–Trinajstić information content (AvgIpc) is 2.61. The fourth-order valence-corrected chi connectivity index (χ4v) is 2.87. The smallest absolute Gasteiger partial charge is 0.266 e. The van der Waals surface area contributed by atoms with E-state index in [4.69, 9.17) is 0 Å². The van der Waals surface area contributed by atoms with Gasteiger partial charge in [-0.1, -0.05) is 12.1 Å². The van der Waals surface area contributed by atoms with E-state index in [0.29, 0.717) is 19.6 Å². The topological polar surface area (TPSA) is 78.1 Å². The van der Waals surface area contributed by atoms with Gasteiger partial charge in [-0.3, -0.25) is 9.59 Å². The normalized spacial score (nSPS) is 15.3. The molecule has 24 heavy (non-hydrogen) atoms. The first kappa shape index (κ1) is 16.2. The predicted octanol–water partition coefficient (Wildman–Crippen LogP) is 1.44. The number of carbonyl (C=O) groups is 1. The van der Waals surface area contributed by atoms with E-state index in [0.717, 1.165) is 24.1 Å². The van der Waals surface area contributed by atoms with Gasteiger partial charge in [0, 0.05) is 31.6 Å². The van der Waals surface area contributed by atoms with E-state index in [-0.39, 0.29) is 23.2 Å². The van der Waals surface area contributed by atoms with Gasteiger partial charge in [-0.2, -0.15) is 5.10 Å². The number of H-pyrrole nitrogens is 1. The Labute approximate surface area is 138 Å². The van der Waals surface area contributed by atoms with Crippen molar-refractivity contribution in [2.45, 2.75) is 19.4 Å². The Balaban J connectivity index is 1.50. The Bertz CT molecular complexity index is 752. The fraction of sp³-hybridized carbons (Fsp3) is 0.353. The highest BCUT2D eigenvalue weighted by Gasteiger charge is 2.25. The van der Waals surface area contributed by atoms with Crippen LogP contribution in [0.4, 0.5) is 10.1 Å². The molecule has 0 atom stereocenters. The zero-order valence-corrected chi connectivity index (χ0v) is 13.2. The summed E-state index contributed by atoms with van der Waals surface area (Å²) >= 11 is 0. The molecule has 6 nitrogen and oxygen atoms in total. The molecule has 2 N–H and O–H groups in total. The lowest BCUT2D eigenvalue weighted by atomic mass is 9.95. The number of aromatic amines is 1. The van der Waals surface area contributed by atoms with E-state index >= 15 is 0 Å². The van der Waals surface area contributed by atoms with Crippen LogP contribution in [0.25, 0.3) is 0 Å². The van der Waals surface area contributed by atoms with Crippen LogP contribution in [0.1, 0.15) is 18.4 Å². The van der Waals surface area contributed by atoms with Crippen LogP contribution in [0.5, 0.6) is 0 Å². The van der Waals surface area contributed by atoms with E-state index in [1.165, 1.54) is 18.2 Å². The number of hydrogen-bond donors (Lipinski definition) is 2. The van der Waals surface area contributed by atoms with Crippen molar-refractivity contribution in [2.75, 3.05) is 18.0 Å². The molecule has 1 aliphatic rings. The molecule has 2 aromatic rings. The molecule has 1 amide bonds. The number of aromatic nitrogens is 2. The molecule has 7 heteroatoms. The van der Waals surface area contributed by atoms with Crippen molar-refractivity contribution in [3.8, 4) is 0 Å². The van der Waals surface area contributed by atoms with Gasteiger partial charge in [0.2, 0.25) is 5.91 Å². The summed E-state index contributed by atoms with van der Waals surface area (Å²) < 4.78 is 12.9. The van der Waals surface area contributed by atoms with Crippen molar-refractivity contribution in [3.05, 3.63) is 58.3 Å². The number of amides is 1. The number of nitrogens with zero attached hydrogens (tertiary/aromatic N) is 2. The van der Waals surface area contributed by atoms with Crippen LogP contribution in [0, 0.1) is 11.7 Å². The zero-order chi connectivity index (χ0) is 16.9. The summed E-state index contributed by atoms with van der Waals surface area (Å²) in [4.78, 5) is 25.6. The maximum absolute atomic E-state index is 12.9. The molecule has 126 valence electrons. The third kappa shape index (κ3) is 3.98. The van der Waals surface area contributed by atoms with Crippen molar-refractivity contribution < 1.29 is 9.18 Å². The maximum Gasteiger partial charge on any atom is 0.266 e. The van der Waals surface area contributed by atoms with Crippen molar-refractivity contribution in [1.29, 1.82) is 0 Å². The minimum Gasteiger partial charge on any atom is -0.370 e. The Kier molecular flexibility index (Phi) is 4.88. The van der Waals surface area contributed by atoms with E-state index in [2.05, 4.69) is 20.4 Å². The number of benzene rings is 1. The Morgan fingerprint density at radius 2 is 2.00 bits per heavy atom. The minimum atomic E-state index is -0.285. The molecule has 2 heterocycles. The summed E-state index contributed by atoms with van der Waals surface area (Å²) in [6, 6.07) is 7.61. The monoisotopic (exact) mass is 330 g/mol. The van der Waals surface area contributed by atoms with Gasteiger partial charge in [0.15, 0.2) is 0 Å². The molecule has 1 saturated heterocycles. The molecule has 0 radical (unpaired) electrons. The number of nitrogens with one attached hydrogen (secondary N) is 2. The lowest BCUT2D eigenvalue weighted by Crippen LogP contribution is -2.40. The van der Waals surface area contributed by atoms with Gasteiger partial charge in [0.1, 0.15) is 5.82 Å². The number of rotatable bonds is 4. The molecule has 0 aliphatic carbocycles. The number of halogens is 1. The maximum atomic E-state index is 12.9. The van der Waals surface area contributed by atoms with Crippen LogP contribution in [0.3, 0.4) is 0 Å². The molecule has 1 fully saturated rings. The first-order chi connectivity index (χ1) is 11.6. The van der Waals surface area contributed by atoms with Crippen molar-refractivity contribution in [3.63, 3.8) is 0 Å². The van der Waals surface area contributed by atoms with Crippen LogP contribution in [0.2, 0.25) is 0 Å². The second kappa shape index (κ2) is 7.25. The number of carbonyl (C=O) groups excluding carboxylic acids is 1. The van der Waals surface area contributed by atoms with Crippen LogP contribution in [-0.4, -0.2) is 29.2 Å². The van der Waals surface area contributed by atoms with Crippen molar-refractivity contribution in [2.24, 2.45) is 5.92 Å². The molecule has 1 aliphatic heterocycles. The highest BCUT2D eigenvalue weighted by Crippen LogP contribution is 2.21. The zero-order valence-electron chi connectivity index (χ0n) is 13.2. The summed E-state index contributed by atoms with van der Waals surface area (Å²) in [5, 5.41) is 9.06. The fourth-order valence-electron chi connectivity index (χ4n) is 2.87. The van der Waals surface area contributed by atoms with E-state index in [1.54, 1.807) is 18.3 Å². The Morgan fingerprint density at radius 3 is 2.67 bits per heavy atom. The third-order valence-electron chi connectivity index (χ3n) is 4.26. The van der Waals surface area contributed by atoms with Gasteiger partial charge in [0.05, 0.1) is 11.9 Å². The van der Waals surface area contributed by atoms with E-state index in [9.17, 15) is 14.0 Å². The van der Waals surface area contributed by atoms with Gasteiger partial charge < -0.3 is 10.2 Å². The lowest BCUT2D eigenvalue weighted by molar-refractivity contribution is -0.125. The number of piperidine rings is 1. The first-order valence-corrected chi connectivity index (χ1v) is 7.93. The Hall–Kier alpha value is -2.70. The number of hydrogen-bond acceptors (Lipinski definition) is 4. The standard InChI is InChI=1S/C17H19FN4O2/c18-14-3-1-12(2-4-14)10-19-17(24)13-5-7-22(8-6-13)15-9-16(23)21-20-11-15/h1-4,9,11,13H,5-8,10H2,(H,19,24)(H,21,23). The largest absolute Gasteiger partial charge is 0.370 e. The highest BCUT2D eigenvalue weighted by molar-refractivity contribution is 5.79. The molecule has 3 rings (SSSR count). The molecule has 0 bridgehead atoms. The van der Waals surface area contributed by atoms with Gasteiger partial charge in [-0.25, -0.2) is 9.49 Å². The van der Waals surface area contributed by atoms with Crippen LogP contribution >= 0.6 is 0 Å². The predicted molar refractivity (Wildman–Crippen MR) is 88.0 cm³/mol. The molecular formula is C17H19FN4O2. The average molecular weight is 330 g/mol. The molecular weight excluding hydrogens is 311 g/mol. The summed E-state index contributed by atoms with van der Waals surface area (Å²) in [6.45, 7) is 1.82. The number of anilines is 1. The summed E-state index contributed by atoms with van der Waals surface area (Å²) in [5.41, 5.74) is 1.42. The van der Waals surface area contributed by atoms with E-state index < -0.39 is 0 Å². The van der Waals surface area contributed by atoms with Gasteiger partial charge in [-0.05, 0) is 30.5 Å². The highest BCUT2D eigenvalue weighted by atomic mass is 19.1. The molecule has 1 aromatic heterocycles. The summed E-state index contributed by atoms with van der Waals surface area (Å²) in [7, 11) is 0. The lowest BCUT2D eigenvalue weighted by Gasteiger charge is -2.32. The van der Waals surface area contributed by atoms with Gasteiger partial charge in [0.25, 0.3) is 5.56 Å². The van der Waals surface area contributed by atoms with Crippen LogP contribution in [-0.2, 0) is 11.3 Å². The van der Waals surface area contributed by atoms with Gasteiger partial charge in [-0.15, -0.1) is 0 Å². The molecule has 0 spiro atoms. The van der Waals surface area contributed by atoms with Crippen LogP contribution in [0.15, 0.2) is 41.3 Å². The van der Waals surface area contributed by atoms with E-state index in [1.807, 2.05) is 0 Å². The second-order valence-corrected chi connectivity index (χ2v) is 5.91. The van der Waals surface area contributed by atoms with Crippen LogP contribution < -0.4 is 15.8 Å². The molecule has 0 saturated carbocycles. The quantitative estimate of drug-likeness (QED) is 0.889. The molecule has 0 unspecified atom stereocenters. The molecule has 1 aromatic carbocycles. The summed E-state index contributed by atoms with van der Waals surface area (Å²) in [5.74, 6) is -0.314. The SMILES string of the molecule is O=C(NCc1ccc(F)cc1)C1CCN(c2cn[nH]c(=O)c2)CC1. The minimum absolute atomic E-state index is 0.0167. The third-order valence-corrected chi connectivity index (χ3v) is 4.26. The summed E-state index contributed by atoms with van der Waals surface area (Å²) in [6.07, 6.45) is 3.07. The van der Waals surface area contributed by atoms with Gasteiger partial charge >= 0.3 is 0 Å². The Morgan fingerprint density at radius 1 is 1.29 bits per heavy atom. The first-order valence-electron chi connectivity index (χ1n) is 7.93. The van der Waals surface area contributed by atoms with Crippen molar-refractivity contribution >= 4 is 11.6 Å². The van der Waals surface area contributed by atoms with Crippen molar-refractivity contribution in [1.82, 2.24) is 15.5 Å². The second-order valence-electron chi connectivity index (χ2n) is 5.91.